The van der Waals surface area contributed by atoms with E-state index in [9.17, 15) is 13.8 Å². The molecule has 43 heavy (non-hydrogen) atoms. The molecule has 224 valence electrons. The summed E-state index contributed by atoms with van der Waals surface area (Å²) in [5, 5.41) is 3.88. The Morgan fingerprint density at radius 1 is 1.12 bits per heavy atom. The van der Waals surface area contributed by atoms with Crippen molar-refractivity contribution >= 4 is 39.8 Å². The molecule has 2 fully saturated rings. The van der Waals surface area contributed by atoms with Crippen molar-refractivity contribution in [3.63, 3.8) is 0 Å². The molecule has 2 aromatic carbocycles. The van der Waals surface area contributed by atoms with Crippen LogP contribution in [0.5, 0.6) is 5.75 Å². The lowest BCUT2D eigenvalue weighted by Gasteiger charge is -2.24. The van der Waals surface area contributed by atoms with Crippen LogP contribution in [0.3, 0.4) is 0 Å². The van der Waals surface area contributed by atoms with Crippen molar-refractivity contribution in [2.45, 2.75) is 63.7 Å². The second kappa shape index (κ2) is 11.5. The molecule has 0 bridgehead atoms. The van der Waals surface area contributed by atoms with E-state index in [1.807, 2.05) is 50.3 Å². The molecule has 1 aliphatic carbocycles. The number of methoxy groups -OCH3 is 1. The molecule has 2 amide bonds. The third-order valence-electron chi connectivity index (χ3n) is 8.69. The third kappa shape index (κ3) is 5.20. The van der Waals surface area contributed by atoms with Crippen molar-refractivity contribution in [3.8, 4) is 17.0 Å². The molecule has 0 radical (unpaired) electrons. The maximum Gasteiger partial charge on any atom is 0.263 e. The van der Waals surface area contributed by atoms with E-state index in [0.717, 1.165) is 52.0 Å². The van der Waals surface area contributed by atoms with Crippen LogP contribution in [0.2, 0.25) is 0 Å². The molecule has 9 heteroatoms. The van der Waals surface area contributed by atoms with Gasteiger partial charge in [0.1, 0.15) is 16.7 Å². The van der Waals surface area contributed by atoms with Crippen molar-refractivity contribution in [2.75, 3.05) is 14.2 Å². The predicted molar refractivity (Wildman–Crippen MR) is 172 cm³/mol. The standard InChI is InChI=1S/C34H38N4O4S/c1-20(2)43(41)36-33(39)23-11-13-28-29(17-23)37-19-25(34(40)38-21(3)30(38)18-35-4)15-24-16-26(42-5)12-14-27(24)32(37)31(28)22-9-7-6-8-10-22/h11-18,20,22,35H,3,6-10,19H2,1-2,4-5H3,(H,36,39)/b30-18+. The molecule has 3 heterocycles. The summed E-state index contributed by atoms with van der Waals surface area (Å²) in [6, 6.07) is 11.8. The van der Waals surface area contributed by atoms with Gasteiger partial charge in [0.05, 0.1) is 30.7 Å². The molecule has 3 aliphatic rings. The molecule has 3 aromatic rings. The first-order valence-electron chi connectivity index (χ1n) is 14.9. The largest absolute Gasteiger partial charge is 0.497 e. The van der Waals surface area contributed by atoms with Gasteiger partial charge in [-0.25, -0.2) is 4.21 Å². The van der Waals surface area contributed by atoms with Gasteiger partial charge in [-0.05, 0) is 80.1 Å². The second-order valence-electron chi connectivity index (χ2n) is 11.7. The average molecular weight is 599 g/mol. The van der Waals surface area contributed by atoms with Crippen LogP contribution >= 0.6 is 0 Å². The Hall–Kier alpha value is -4.11. The minimum Gasteiger partial charge on any atom is -0.497 e. The predicted octanol–water partition coefficient (Wildman–Crippen LogP) is 5.98. The number of amides is 2. The summed E-state index contributed by atoms with van der Waals surface area (Å²) in [5.41, 5.74) is 7.67. The van der Waals surface area contributed by atoms with Crippen molar-refractivity contribution in [3.05, 3.63) is 82.8 Å². The van der Waals surface area contributed by atoms with Crippen LogP contribution in [0.1, 0.15) is 73.4 Å². The highest BCUT2D eigenvalue weighted by Gasteiger charge is 2.40. The third-order valence-corrected chi connectivity index (χ3v) is 9.93. The Labute approximate surface area is 255 Å². The quantitative estimate of drug-likeness (QED) is 0.327. The normalized spacial score (nSPS) is 18.2. The fraction of sp³-hybridized carbons (Fsp3) is 0.353. The number of carbonyl (C=O) groups is 2. The number of carbonyl (C=O) groups excluding carboxylic acids is 2. The number of rotatable bonds is 7. The van der Waals surface area contributed by atoms with E-state index in [-0.39, 0.29) is 17.1 Å². The summed E-state index contributed by atoms with van der Waals surface area (Å²) in [7, 11) is 1.95. The zero-order valence-corrected chi connectivity index (χ0v) is 26.0. The van der Waals surface area contributed by atoms with Gasteiger partial charge in [0.2, 0.25) is 0 Å². The number of nitrogens with zero attached hydrogens (tertiary/aromatic N) is 2. The molecule has 2 N–H and O–H groups in total. The molecular weight excluding hydrogens is 560 g/mol. The van der Waals surface area contributed by atoms with Gasteiger partial charge < -0.3 is 14.6 Å². The van der Waals surface area contributed by atoms with Gasteiger partial charge in [-0.2, -0.15) is 0 Å². The van der Waals surface area contributed by atoms with E-state index >= 15 is 0 Å². The van der Waals surface area contributed by atoms with Gasteiger partial charge in [-0.3, -0.25) is 19.2 Å². The smallest absolute Gasteiger partial charge is 0.263 e. The Morgan fingerprint density at radius 3 is 2.58 bits per heavy atom. The molecule has 0 spiro atoms. The summed E-state index contributed by atoms with van der Waals surface area (Å²) in [6.07, 6.45) is 9.52. The highest BCUT2D eigenvalue weighted by molar-refractivity contribution is 7.84. The summed E-state index contributed by atoms with van der Waals surface area (Å²) in [5.74, 6) is 0.575. The maximum atomic E-state index is 14.0. The molecule has 8 nitrogen and oxygen atoms in total. The lowest BCUT2D eigenvalue weighted by Crippen LogP contribution is -2.30. The van der Waals surface area contributed by atoms with Gasteiger partial charge in [-0.1, -0.05) is 31.9 Å². The average Bonchev–Trinajstić information content (AvgIpc) is 3.59. The minimum atomic E-state index is -1.49. The fourth-order valence-corrected chi connectivity index (χ4v) is 6.99. The van der Waals surface area contributed by atoms with Crippen LogP contribution in [0.15, 0.2) is 66.1 Å². The summed E-state index contributed by atoms with van der Waals surface area (Å²) in [4.78, 5) is 28.8. The molecule has 1 unspecified atom stereocenters. The number of benzene rings is 2. The Balaban J connectivity index is 1.56. The number of aromatic nitrogens is 1. The molecular formula is C34H38N4O4S. The molecule has 1 aromatic heterocycles. The fourth-order valence-electron chi connectivity index (χ4n) is 6.46. The summed E-state index contributed by atoms with van der Waals surface area (Å²) >= 11 is 0. The monoisotopic (exact) mass is 598 g/mol. The Kier molecular flexibility index (Phi) is 7.77. The van der Waals surface area contributed by atoms with E-state index in [4.69, 9.17) is 4.74 Å². The molecule has 2 aliphatic heterocycles. The van der Waals surface area contributed by atoms with Gasteiger partial charge in [0, 0.05) is 46.1 Å². The molecule has 1 atom stereocenters. The van der Waals surface area contributed by atoms with Gasteiger partial charge in [0.15, 0.2) is 0 Å². The summed E-state index contributed by atoms with van der Waals surface area (Å²) < 4.78 is 22.9. The zero-order chi connectivity index (χ0) is 30.4. The van der Waals surface area contributed by atoms with Crippen molar-refractivity contribution in [1.29, 1.82) is 0 Å². The Morgan fingerprint density at radius 2 is 1.88 bits per heavy atom. The van der Waals surface area contributed by atoms with Gasteiger partial charge in [0.25, 0.3) is 11.8 Å². The number of hydrogen-bond donors (Lipinski definition) is 2. The first kappa shape index (κ1) is 29.0. The number of hydrogen-bond acceptors (Lipinski definition) is 5. The highest BCUT2D eigenvalue weighted by atomic mass is 32.2. The van der Waals surface area contributed by atoms with E-state index in [0.29, 0.717) is 29.3 Å². The lowest BCUT2D eigenvalue weighted by atomic mass is 9.81. The summed E-state index contributed by atoms with van der Waals surface area (Å²) in [6.45, 7) is 8.00. The molecule has 1 saturated carbocycles. The van der Waals surface area contributed by atoms with Crippen LogP contribution in [0.4, 0.5) is 0 Å². The first-order valence-corrected chi connectivity index (χ1v) is 16.1. The van der Waals surface area contributed by atoms with Crippen molar-refractivity contribution < 1.29 is 18.5 Å². The van der Waals surface area contributed by atoms with Crippen LogP contribution in [0.25, 0.3) is 28.2 Å². The van der Waals surface area contributed by atoms with Crippen LogP contribution < -0.4 is 14.8 Å². The topological polar surface area (TPSA) is 92.4 Å². The van der Waals surface area contributed by atoms with Crippen LogP contribution in [-0.4, -0.2) is 44.9 Å². The Bertz CT molecular complexity index is 1740. The second-order valence-corrected chi connectivity index (χ2v) is 13.5. The maximum absolute atomic E-state index is 14.0. The van der Waals surface area contributed by atoms with Crippen LogP contribution in [0, 0.1) is 0 Å². The van der Waals surface area contributed by atoms with E-state index in [1.54, 1.807) is 25.3 Å². The van der Waals surface area contributed by atoms with Crippen molar-refractivity contribution in [2.24, 2.45) is 0 Å². The highest BCUT2D eigenvalue weighted by Crippen LogP contribution is 2.48. The number of ether oxygens (including phenoxy) is 1. The first-order chi connectivity index (χ1) is 20.7. The molecule has 1 saturated heterocycles. The number of nitrogens with one attached hydrogen (secondary N) is 2. The number of fused-ring (bicyclic) bond motifs is 5. The van der Waals surface area contributed by atoms with E-state index in [2.05, 4.69) is 27.3 Å². The molecule has 6 rings (SSSR count). The van der Waals surface area contributed by atoms with Crippen LogP contribution in [-0.2, 0) is 22.3 Å². The SMILES string of the molecule is C=C1/C(=C\NC)N1C(=O)C1=Cc2cc(OC)ccc2-c2c(C3CCCCC3)c3ccc(C(=O)NS(=O)C(C)C)cc3n2C1. The van der Waals surface area contributed by atoms with Gasteiger partial charge in [-0.15, -0.1) is 0 Å². The zero-order valence-electron chi connectivity index (χ0n) is 25.2. The van der Waals surface area contributed by atoms with Gasteiger partial charge >= 0.3 is 0 Å². The lowest BCUT2D eigenvalue weighted by molar-refractivity contribution is -0.121. The van der Waals surface area contributed by atoms with E-state index in [1.165, 1.54) is 24.8 Å². The van der Waals surface area contributed by atoms with Crippen molar-refractivity contribution in [1.82, 2.24) is 19.5 Å². The minimum absolute atomic E-state index is 0.129. The van der Waals surface area contributed by atoms with E-state index < -0.39 is 11.0 Å².